The fourth-order valence-corrected chi connectivity index (χ4v) is 4.43. The van der Waals surface area contributed by atoms with Crippen molar-refractivity contribution in [3.63, 3.8) is 0 Å². The Balaban J connectivity index is 1.74. The summed E-state index contributed by atoms with van der Waals surface area (Å²) in [7, 11) is 0. The van der Waals surface area contributed by atoms with Gasteiger partial charge in [0.1, 0.15) is 0 Å². The first-order valence-corrected chi connectivity index (χ1v) is 12.2. The van der Waals surface area contributed by atoms with E-state index in [0.29, 0.717) is 23.4 Å². The van der Waals surface area contributed by atoms with Gasteiger partial charge < -0.3 is 0 Å². The molecule has 2 aromatic rings. The molecule has 0 spiro atoms. The second-order valence-electron chi connectivity index (χ2n) is 9.47. The Kier molecular flexibility index (Phi) is 9.51. The second kappa shape index (κ2) is 12.8. The van der Waals surface area contributed by atoms with E-state index in [1.54, 1.807) is 35.8 Å². The zero-order valence-corrected chi connectivity index (χ0v) is 20.9. The standard InChI is InChI=1S/C27H32N4O6/c1-18(2)16-22(21(24(33)29-37)15-9-14-19-10-5-3-6-11-19)23(32)28-31-26(35)25(34)30(27(31)36)17-20-12-7-4-8-13-20/h3-8,10-13,18,21-22,37H,9,14-17H2,1-2H3,(H,28,32)(H,29,33)/t21-,22?/m1/s1. The minimum atomic E-state index is -1.18. The van der Waals surface area contributed by atoms with Gasteiger partial charge in [0.15, 0.2) is 0 Å². The van der Waals surface area contributed by atoms with Crippen LogP contribution in [-0.4, -0.2) is 44.8 Å². The number of benzene rings is 2. The first kappa shape index (κ1) is 27.5. The Bertz CT molecular complexity index is 1120. The minimum absolute atomic E-state index is 0.0138. The van der Waals surface area contributed by atoms with Crippen molar-refractivity contribution in [3.8, 4) is 0 Å². The van der Waals surface area contributed by atoms with E-state index in [1.807, 2.05) is 44.2 Å². The van der Waals surface area contributed by atoms with Gasteiger partial charge in [0.05, 0.1) is 18.4 Å². The van der Waals surface area contributed by atoms with Crippen molar-refractivity contribution in [2.75, 3.05) is 0 Å². The van der Waals surface area contributed by atoms with Crippen molar-refractivity contribution < 1.29 is 29.2 Å². The van der Waals surface area contributed by atoms with Gasteiger partial charge >= 0.3 is 17.8 Å². The molecule has 1 fully saturated rings. The maximum Gasteiger partial charge on any atom is 0.353 e. The number of carbonyl (C=O) groups excluding carboxylic acids is 5. The van der Waals surface area contributed by atoms with Gasteiger partial charge in [0.2, 0.25) is 11.8 Å². The molecule has 10 heteroatoms. The van der Waals surface area contributed by atoms with Crippen molar-refractivity contribution in [1.29, 1.82) is 0 Å². The summed E-state index contributed by atoms with van der Waals surface area (Å²) in [6, 6.07) is 17.3. The van der Waals surface area contributed by atoms with Crippen LogP contribution in [0.3, 0.4) is 0 Å². The number of nitrogens with zero attached hydrogens (tertiary/aromatic N) is 2. The van der Waals surface area contributed by atoms with Gasteiger partial charge in [0, 0.05) is 0 Å². The lowest BCUT2D eigenvalue weighted by molar-refractivity contribution is -0.148. The van der Waals surface area contributed by atoms with Crippen LogP contribution in [0.2, 0.25) is 0 Å². The summed E-state index contributed by atoms with van der Waals surface area (Å²) in [4.78, 5) is 64.6. The van der Waals surface area contributed by atoms with Gasteiger partial charge in [-0.25, -0.2) is 15.2 Å². The number of amides is 6. The zero-order chi connectivity index (χ0) is 26.9. The van der Waals surface area contributed by atoms with Crippen LogP contribution in [0, 0.1) is 17.8 Å². The van der Waals surface area contributed by atoms with E-state index in [0.717, 1.165) is 10.5 Å². The lowest BCUT2D eigenvalue weighted by atomic mass is 9.81. The van der Waals surface area contributed by atoms with Gasteiger partial charge in [-0.3, -0.25) is 29.8 Å². The summed E-state index contributed by atoms with van der Waals surface area (Å²) in [5, 5.41) is 9.76. The summed E-state index contributed by atoms with van der Waals surface area (Å²) < 4.78 is 0. The van der Waals surface area contributed by atoms with E-state index in [1.165, 1.54) is 0 Å². The first-order valence-electron chi connectivity index (χ1n) is 12.2. The van der Waals surface area contributed by atoms with Crippen LogP contribution >= 0.6 is 0 Å². The third-order valence-electron chi connectivity index (χ3n) is 6.28. The van der Waals surface area contributed by atoms with Crippen LogP contribution in [0.25, 0.3) is 0 Å². The maximum absolute atomic E-state index is 13.3. The lowest BCUT2D eigenvalue weighted by Crippen LogP contribution is -2.51. The van der Waals surface area contributed by atoms with Gasteiger partial charge in [-0.15, -0.1) is 0 Å². The van der Waals surface area contributed by atoms with E-state index in [9.17, 15) is 29.2 Å². The number of rotatable bonds is 12. The van der Waals surface area contributed by atoms with Gasteiger partial charge in [0.25, 0.3) is 0 Å². The van der Waals surface area contributed by atoms with Crippen molar-refractivity contribution in [2.45, 2.75) is 46.1 Å². The van der Waals surface area contributed by atoms with Crippen LogP contribution in [0.5, 0.6) is 0 Å². The molecule has 2 aromatic carbocycles. The fraction of sp³-hybridized carbons (Fsp3) is 0.370. The minimum Gasteiger partial charge on any atom is -0.289 e. The summed E-state index contributed by atoms with van der Waals surface area (Å²) in [5.74, 6) is -5.60. The molecule has 196 valence electrons. The molecule has 37 heavy (non-hydrogen) atoms. The molecule has 1 aliphatic heterocycles. The van der Waals surface area contributed by atoms with Crippen molar-refractivity contribution >= 4 is 29.7 Å². The van der Waals surface area contributed by atoms with E-state index < -0.39 is 41.5 Å². The number of hydroxylamine groups is 1. The number of urea groups is 1. The number of aryl methyl sites for hydroxylation is 1. The number of carbonyl (C=O) groups is 5. The molecule has 0 aliphatic carbocycles. The highest BCUT2D eigenvalue weighted by molar-refractivity contribution is 6.44. The van der Waals surface area contributed by atoms with Crippen LogP contribution in [0.15, 0.2) is 60.7 Å². The average molecular weight is 509 g/mol. The lowest BCUT2D eigenvalue weighted by Gasteiger charge is -2.27. The van der Waals surface area contributed by atoms with Crippen LogP contribution in [0.4, 0.5) is 4.79 Å². The number of hydrogen-bond donors (Lipinski definition) is 3. The zero-order valence-electron chi connectivity index (χ0n) is 20.9. The predicted molar refractivity (Wildman–Crippen MR) is 133 cm³/mol. The first-order chi connectivity index (χ1) is 17.7. The molecule has 0 saturated carbocycles. The summed E-state index contributed by atoms with van der Waals surface area (Å²) in [6.07, 6.45) is 1.77. The van der Waals surface area contributed by atoms with Gasteiger partial charge in [-0.05, 0) is 42.7 Å². The third-order valence-corrected chi connectivity index (χ3v) is 6.28. The number of imide groups is 2. The third kappa shape index (κ3) is 7.01. The monoisotopic (exact) mass is 508 g/mol. The highest BCUT2D eigenvalue weighted by Gasteiger charge is 2.47. The van der Waals surface area contributed by atoms with Crippen LogP contribution in [-0.2, 0) is 32.1 Å². The van der Waals surface area contributed by atoms with E-state index in [-0.39, 0.29) is 25.3 Å². The highest BCUT2D eigenvalue weighted by Crippen LogP contribution is 2.27. The highest BCUT2D eigenvalue weighted by atomic mass is 16.5. The maximum atomic E-state index is 13.3. The van der Waals surface area contributed by atoms with Gasteiger partial charge in [-0.2, -0.15) is 5.01 Å². The average Bonchev–Trinajstić information content (AvgIpc) is 3.09. The van der Waals surface area contributed by atoms with Crippen molar-refractivity contribution in [3.05, 3.63) is 71.8 Å². The normalized spacial score (nSPS) is 15.2. The molecule has 1 saturated heterocycles. The molecule has 0 bridgehead atoms. The molecular weight excluding hydrogens is 476 g/mol. The SMILES string of the molecule is CC(C)CC(C(=O)NN1C(=O)C(=O)N(Cc2ccccc2)C1=O)[C@@H](CCCc1ccccc1)C(=O)NO. The molecular formula is C27H32N4O6. The Labute approximate surface area is 215 Å². The molecule has 2 atom stereocenters. The van der Waals surface area contributed by atoms with E-state index in [2.05, 4.69) is 5.43 Å². The topological polar surface area (TPSA) is 136 Å². The van der Waals surface area contributed by atoms with Crippen molar-refractivity contribution in [2.24, 2.45) is 17.8 Å². The van der Waals surface area contributed by atoms with Crippen LogP contribution < -0.4 is 10.9 Å². The molecule has 3 N–H and O–H groups in total. The van der Waals surface area contributed by atoms with Crippen LogP contribution in [0.1, 0.15) is 44.2 Å². The second-order valence-corrected chi connectivity index (χ2v) is 9.47. The number of hydrazine groups is 1. The molecule has 1 heterocycles. The van der Waals surface area contributed by atoms with E-state index in [4.69, 9.17) is 0 Å². The van der Waals surface area contributed by atoms with Gasteiger partial charge in [-0.1, -0.05) is 74.5 Å². The van der Waals surface area contributed by atoms with Crippen molar-refractivity contribution in [1.82, 2.24) is 20.8 Å². The number of nitrogens with one attached hydrogen (secondary N) is 2. The molecule has 1 unspecified atom stereocenters. The molecule has 0 radical (unpaired) electrons. The largest absolute Gasteiger partial charge is 0.353 e. The Morgan fingerprint density at radius 3 is 2.00 bits per heavy atom. The molecule has 10 nitrogen and oxygen atoms in total. The molecule has 0 aromatic heterocycles. The van der Waals surface area contributed by atoms with E-state index >= 15 is 0 Å². The summed E-state index contributed by atoms with van der Waals surface area (Å²) in [5.41, 5.74) is 5.62. The molecule has 6 amide bonds. The fourth-order valence-electron chi connectivity index (χ4n) is 4.43. The smallest absolute Gasteiger partial charge is 0.289 e. The Morgan fingerprint density at radius 2 is 1.43 bits per heavy atom. The predicted octanol–water partition coefficient (Wildman–Crippen LogP) is 2.82. The summed E-state index contributed by atoms with van der Waals surface area (Å²) >= 11 is 0. The Hall–Kier alpha value is -4.05. The summed E-state index contributed by atoms with van der Waals surface area (Å²) in [6.45, 7) is 3.62. The number of hydrogen-bond acceptors (Lipinski definition) is 6. The quantitative estimate of drug-likeness (QED) is 0.175. The molecule has 1 aliphatic rings. The Morgan fingerprint density at radius 1 is 0.838 bits per heavy atom. The molecule has 3 rings (SSSR count).